The summed E-state index contributed by atoms with van der Waals surface area (Å²) in [6.07, 6.45) is 0.722. The van der Waals surface area contributed by atoms with E-state index in [-0.39, 0.29) is 11.6 Å². The summed E-state index contributed by atoms with van der Waals surface area (Å²) in [6, 6.07) is 1.36. The Bertz CT molecular complexity index is 334. The normalized spacial score (nSPS) is 21.3. The van der Waals surface area contributed by atoms with Crippen molar-refractivity contribution in [3.05, 3.63) is 35.1 Å². The molecule has 0 saturated carbocycles. The summed E-state index contributed by atoms with van der Waals surface area (Å²) < 4.78 is 38.5. The van der Waals surface area contributed by atoms with E-state index in [1.807, 2.05) is 0 Å². The van der Waals surface area contributed by atoms with Crippen LogP contribution in [0.3, 0.4) is 0 Å². The Morgan fingerprint density at radius 2 is 1.92 bits per heavy atom. The minimum atomic E-state index is -1.12. The van der Waals surface area contributed by atoms with Crippen LogP contribution < -0.4 is 5.32 Å². The largest absolute Gasteiger partial charge is 0.310 e. The summed E-state index contributed by atoms with van der Waals surface area (Å²) in [5.41, 5.74) is 0.0868. The van der Waals surface area contributed by atoms with E-state index in [0.29, 0.717) is 6.07 Å². The maximum Gasteiger partial charge on any atom is 0.163 e. The van der Waals surface area contributed by atoms with Crippen LogP contribution in [0.1, 0.15) is 18.0 Å². The highest BCUT2D eigenvalue weighted by Crippen LogP contribution is 2.27. The van der Waals surface area contributed by atoms with E-state index in [2.05, 4.69) is 5.32 Å². The standard InChI is InChI=1S/C9H8F3N/c10-5-3-6(8-1-2-13-8)9(12)7(11)4-5/h3-4,8,13H,1-2H2/t8-/m1/s1. The van der Waals surface area contributed by atoms with Gasteiger partial charge >= 0.3 is 0 Å². The average molecular weight is 187 g/mol. The van der Waals surface area contributed by atoms with Crippen molar-refractivity contribution in [2.75, 3.05) is 6.54 Å². The zero-order valence-corrected chi connectivity index (χ0v) is 6.78. The molecule has 0 aromatic heterocycles. The van der Waals surface area contributed by atoms with Crippen LogP contribution >= 0.6 is 0 Å². The number of benzene rings is 1. The molecule has 1 fully saturated rings. The predicted octanol–water partition coefficient (Wildman–Crippen LogP) is 2.14. The summed E-state index contributed by atoms with van der Waals surface area (Å²) in [4.78, 5) is 0. The molecule has 0 bridgehead atoms. The van der Waals surface area contributed by atoms with Crippen molar-refractivity contribution in [1.29, 1.82) is 0 Å². The minimum Gasteiger partial charge on any atom is -0.310 e. The Hall–Kier alpha value is -1.03. The molecule has 0 aliphatic carbocycles. The molecule has 1 nitrogen and oxygen atoms in total. The molecule has 70 valence electrons. The van der Waals surface area contributed by atoms with Gasteiger partial charge in [-0.3, -0.25) is 0 Å². The summed E-state index contributed by atoms with van der Waals surface area (Å²) in [5.74, 6) is -2.80. The Morgan fingerprint density at radius 1 is 1.23 bits per heavy atom. The highest BCUT2D eigenvalue weighted by Gasteiger charge is 2.24. The van der Waals surface area contributed by atoms with Crippen LogP contribution in [-0.2, 0) is 0 Å². The third-order valence-corrected chi connectivity index (χ3v) is 2.22. The lowest BCUT2D eigenvalue weighted by molar-refractivity contribution is 0.360. The van der Waals surface area contributed by atoms with Gasteiger partial charge in [0.1, 0.15) is 5.82 Å². The predicted molar refractivity (Wildman–Crippen MR) is 41.7 cm³/mol. The molecule has 0 spiro atoms. The SMILES string of the molecule is Fc1cc(F)c(F)c([C@H]2CCN2)c1. The molecule has 1 aromatic rings. The van der Waals surface area contributed by atoms with Crippen LogP contribution in [0.4, 0.5) is 13.2 Å². The summed E-state index contributed by atoms with van der Waals surface area (Å²) >= 11 is 0. The third-order valence-electron chi connectivity index (χ3n) is 2.22. The Balaban J connectivity index is 2.42. The number of hydrogen-bond donors (Lipinski definition) is 1. The van der Waals surface area contributed by atoms with Crippen molar-refractivity contribution in [3.8, 4) is 0 Å². The van der Waals surface area contributed by atoms with Crippen molar-refractivity contribution in [2.45, 2.75) is 12.5 Å². The van der Waals surface area contributed by atoms with Gasteiger partial charge in [0.25, 0.3) is 0 Å². The van der Waals surface area contributed by atoms with Gasteiger partial charge in [0.2, 0.25) is 0 Å². The molecule has 0 unspecified atom stereocenters. The van der Waals surface area contributed by atoms with Crippen molar-refractivity contribution in [1.82, 2.24) is 5.32 Å². The topological polar surface area (TPSA) is 12.0 Å². The Morgan fingerprint density at radius 3 is 2.46 bits per heavy atom. The number of rotatable bonds is 1. The average Bonchev–Trinajstić information content (AvgIpc) is 1.95. The van der Waals surface area contributed by atoms with E-state index in [4.69, 9.17) is 0 Å². The van der Waals surface area contributed by atoms with E-state index >= 15 is 0 Å². The molecule has 1 N–H and O–H groups in total. The molecular formula is C9H8F3N. The van der Waals surface area contributed by atoms with E-state index in [1.54, 1.807) is 0 Å². The Kier molecular flexibility index (Phi) is 2.00. The van der Waals surface area contributed by atoms with Crippen molar-refractivity contribution in [3.63, 3.8) is 0 Å². The van der Waals surface area contributed by atoms with Gasteiger partial charge in [-0.15, -0.1) is 0 Å². The van der Waals surface area contributed by atoms with Gasteiger partial charge < -0.3 is 5.32 Å². The lowest BCUT2D eigenvalue weighted by Gasteiger charge is -2.28. The quantitative estimate of drug-likeness (QED) is 0.664. The molecule has 1 saturated heterocycles. The molecule has 1 atom stereocenters. The minimum absolute atomic E-state index is 0.0868. The van der Waals surface area contributed by atoms with Gasteiger partial charge in [-0.25, -0.2) is 13.2 Å². The lowest BCUT2D eigenvalue weighted by atomic mass is 9.97. The van der Waals surface area contributed by atoms with Gasteiger partial charge in [0.05, 0.1) is 0 Å². The van der Waals surface area contributed by atoms with Gasteiger partial charge in [0.15, 0.2) is 11.6 Å². The number of nitrogens with one attached hydrogen (secondary N) is 1. The first-order valence-corrected chi connectivity index (χ1v) is 4.06. The molecular weight excluding hydrogens is 179 g/mol. The van der Waals surface area contributed by atoms with Crippen LogP contribution in [0.25, 0.3) is 0 Å². The van der Waals surface area contributed by atoms with Crippen LogP contribution in [0.2, 0.25) is 0 Å². The first-order chi connectivity index (χ1) is 6.18. The van der Waals surface area contributed by atoms with Crippen molar-refractivity contribution >= 4 is 0 Å². The molecule has 0 amide bonds. The van der Waals surface area contributed by atoms with Crippen LogP contribution in [0.15, 0.2) is 12.1 Å². The van der Waals surface area contributed by atoms with Crippen molar-refractivity contribution in [2.24, 2.45) is 0 Å². The molecule has 4 heteroatoms. The fourth-order valence-electron chi connectivity index (χ4n) is 1.38. The molecule has 1 aromatic carbocycles. The van der Waals surface area contributed by atoms with E-state index in [9.17, 15) is 13.2 Å². The van der Waals surface area contributed by atoms with E-state index in [1.165, 1.54) is 0 Å². The zero-order chi connectivity index (χ0) is 9.42. The molecule has 13 heavy (non-hydrogen) atoms. The van der Waals surface area contributed by atoms with Crippen LogP contribution in [-0.4, -0.2) is 6.54 Å². The second-order valence-corrected chi connectivity index (χ2v) is 3.09. The second kappa shape index (κ2) is 3.03. The third kappa shape index (κ3) is 1.42. The molecule has 1 aliphatic rings. The van der Waals surface area contributed by atoms with Gasteiger partial charge in [-0.05, 0) is 19.0 Å². The first kappa shape index (κ1) is 8.56. The summed E-state index contributed by atoms with van der Waals surface area (Å²) in [7, 11) is 0. The molecule has 0 radical (unpaired) electrons. The monoisotopic (exact) mass is 187 g/mol. The fourth-order valence-corrected chi connectivity index (χ4v) is 1.38. The summed E-state index contributed by atoms with van der Waals surface area (Å²) in [6.45, 7) is 0.766. The van der Waals surface area contributed by atoms with Gasteiger partial charge in [-0.2, -0.15) is 0 Å². The first-order valence-electron chi connectivity index (χ1n) is 4.06. The molecule has 1 heterocycles. The second-order valence-electron chi connectivity index (χ2n) is 3.09. The molecule has 1 aliphatic heterocycles. The summed E-state index contributed by atoms with van der Waals surface area (Å²) in [5, 5.41) is 2.88. The Labute approximate surface area is 73.6 Å². The van der Waals surface area contributed by atoms with Gasteiger partial charge in [0, 0.05) is 17.7 Å². The van der Waals surface area contributed by atoms with E-state index < -0.39 is 17.5 Å². The lowest BCUT2D eigenvalue weighted by Crippen LogP contribution is -2.35. The highest BCUT2D eigenvalue weighted by atomic mass is 19.2. The van der Waals surface area contributed by atoms with E-state index in [0.717, 1.165) is 19.0 Å². The highest BCUT2D eigenvalue weighted by molar-refractivity contribution is 5.25. The van der Waals surface area contributed by atoms with Crippen LogP contribution in [0, 0.1) is 17.5 Å². The fraction of sp³-hybridized carbons (Fsp3) is 0.333. The van der Waals surface area contributed by atoms with Crippen LogP contribution in [0.5, 0.6) is 0 Å². The van der Waals surface area contributed by atoms with Gasteiger partial charge in [-0.1, -0.05) is 0 Å². The number of halogens is 3. The number of hydrogen-bond acceptors (Lipinski definition) is 1. The smallest absolute Gasteiger partial charge is 0.163 e. The maximum absolute atomic E-state index is 13.1. The molecule has 2 rings (SSSR count). The van der Waals surface area contributed by atoms with Crippen molar-refractivity contribution < 1.29 is 13.2 Å². The maximum atomic E-state index is 13.1. The zero-order valence-electron chi connectivity index (χ0n) is 6.78.